The highest BCUT2D eigenvalue weighted by Crippen LogP contribution is 2.40. The topological polar surface area (TPSA) is 49.3 Å². The van der Waals surface area contributed by atoms with Gasteiger partial charge in [-0.2, -0.15) is 0 Å². The van der Waals surface area contributed by atoms with Gasteiger partial charge in [-0.25, -0.2) is 0 Å². The molecular formula is C14H18ClNO2. The van der Waals surface area contributed by atoms with Crippen LogP contribution in [0.3, 0.4) is 0 Å². The zero-order valence-corrected chi connectivity index (χ0v) is 11.5. The molecule has 0 saturated carbocycles. The molecule has 0 aromatic heterocycles. The summed E-state index contributed by atoms with van der Waals surface area (Å²) in [6.45, 7) is 2.12. The number of halogens is 1. The highest BCUT2D eigenvalue weighted by atomic mass is 35.5. The molecule has 0 radical (unpaired) electrons. The van der Waals surface area contributed by atoms with Crippen LogP contribution in [0.5, 0.6) is 5.75 Å². The van der Waals surface area contributed by atoms with E-state index in [0.717, 1.165) is 42.4 Å². The van der Waals surface area contributed by atoms with Crippen molar-refractivity contribution in [3.8, 4) is 5.75 Å². The highest BCUT2D eigenvalue weighted by Gasteiger charge is 2.25. The molecule has 0 amide bonds. The fourth-order valence-corrected chi connectivity index (χ4v) is 3.04. The Morgan fingerprint density at radius 3 is 2.56 bits per heavy atom. The van der Waals surface area contributed by atoms with Crippen molar-refractivity contribution in [3.05, 3.63) is 27.3 Å². The van der Waals surface area contributed by atoms with Crippen molar-refractivity contribution in [2.75, 3.05) is 13.6 Å². The molecule has 2 N–H and O–H groups in total. The number of ketones is 1. The average Bonchev–Trinajstić information content (AvgIpc) is 2.37. The van der Waals surface area contributed by atoms with Crippen LogP contribution < -0.4 is 5.32 Å². The van der Waals surface area contributed by atoms with Gasteiger partial charge in [-0.15, -0.1) is 0 Å². The Morgan fingerprint density at radius 2 is 1.94 bits per heavy atom. The lowest BCUT2D eigenvalue weighted by Gasteiger charge is -2.23. The summed E-state index contributed by atoms with van der Waals surface area (Å²) in [5, 5.41) is 13.3. The summed E-state index contributed by atoms with van der Waals surface area (Å²) in [5.41, 5.74) is 3.46. The van der Waals surface area contributed by atoms with Crippen molar-refractivity contribution in [3.63, 3.8) is 0 Å². The van der Waals surface area contributed by atoms with Crippen LogP contribution in [-0.4, -0.2) is 24.5 Å². The molecular weight excluding hydrogens is 250 g/mol. The number of carbonyl (C=O) groups is 1. The fraction of sp³-hybridized carbons (Fsp3) is 0.500. The number of fused-ring (bicyclic) bond motifs is 1. The van der Waals surface area contributed by atoms with Gasteiger partial charge >= 0.3 is 0 Å². The van der Waals surface area contributed by atoms with Gasteiger partial charge in [-0.1, -0.05) is 11.6 Å². The van der Waals surface area contributed by atoms with E-state index in [1.807, 2.05) is 6.92 Å². The van der Waals surface area contributed by atoms with Crippen LogP contribution in [0.2, 0.25) is 5.02 Å². The van der Waals surface area contributed by atoms with Gasteiger partial charge in [0.25, 0.3) is 0 Å². The largest absolute Gasteiger partial charge is 0.506 e. The molecule has 2 rings (SSSR count). The molecule has 0 spiro atoms. The van der Waals surface area contributed by atoms with Gasteiger partial charge < -0.3 is 10.4 Å². The number of aromatic hydroxyl groups is 1. The van der Waals surface area contributed by atoms with E-state index < -0.39 is 0 Å². The molecule has 98 valence electrons. The van der Waals surface area contributed by atoms with E-state index in [-0.39, 0.29) is 18.1 Å². The van der Waals surface area contributed by atoms with Gasteiger partial charge in [-0.3, -0.25) is 4.79 Å². The second kappa shape index (κ2) is 5.29. The Labute approximate surface area is 112 Å². The smallest absolute Gasteiger partial charge is 0.180 e. The molecule has 1 aliphatic rings. The molecule has 0 bridgehead atoms. The van der Waals surface area contributed by atoms with Crippen LogP contribution in [-0.2, 0) is 12.8 Å². The number of likely N-dealkylation sites (N-methyl/N-ethyl adjacent to an activating group) is 1. The van der Waals surface area contributed by atoms with E-state index in [4.69, 9.17) is 11.6 Å². The lowest BCUT2D eigenvalue weighted by Crippen LogP contribution is -2.21. The van der Waals surface area contributed by atoms with Crippen LogP contribution in [0.4, 0.5) is 0 Å². The molecule has 0 unspecified atom stereocenters. The number of hydrogen-bond acceptors (Lipinski definition) is 3. The quantitative estimate of drug-likeness (QED) is 0.828. The van der Waals surface area contributed by atoms with Crippen LogP contribution in [0.25, 0.3) is 0 Å². The summed E-state index contributed by atoms with van der Waals surface area (Å²) in [4.78, 5) is 12.0. The van der Waals surface area contributed by atoms with Gasteiger partial charge in [0.05, 0.1) is 17.1 Å². The first-order valence-electron chi connectivity index (χ1n) is 6.28. The number of nitrogens with one attached hydrogen (secondary N) is 1. The van der Waals surface area contributed by atoms with E-state index in [0.29, 0.717) is 10.6 Å². The first kappa shape index (κ1) is 13.4. The Hall–Kier alpha value is -1.06. The van der Waals surface area contributed by atoms with Gasteiger partial charge in [0.1, 0.15) is 5.75 Å². The number of phenolic OH excluding ortho intramolecular Hbond substituents is 1. The van der Waals surface area contributed by atoms with Crippen molar-refractivity contribution in [2.24, 2.45) is 0 Å². The van der Waals surface area contributed by atoms with Crippen molar-refractivity contribution in [1.82, 2.24) is 5.32 Å². The monoisotopic (exact) mass is 267 g/mol. The maximum Gasteiger partial charge on any atom is 0.180 e. The molecule has 0 saturated heterocycles. The predicted molar refractivity (Wildman–Crippen MR) is 72.8 cm³/mol. The molecule has 0 atom stereocenters. The minimum Gasteiger partial charge on any atom is -0.506 e. The number of rotatable bonds is 3. The van der Waals surface area contributed by atoms with Crippen molar-refractivity contribution in [1.29, 1.82) is 0 Å². The normalized spacial score (nSPS) is 14.4. The minimum atomic E-state index is -0.109. The van der Waals surface area contributed by atoms with Crippen molar-refractivity contribution < 1.29 is 9.90 Å². The maximum absolute atomic E-state index is 12.0. The summed E-state index contributed by atoms with van der Waals surface area (Å²) < 4.78 is 0. The first-order chi connectivity index (χ1) is 8.57. The first-order valence-corrected chi connectivity index (χ1v) is 6.66. The summed E-state index contributed by atoms with van der Waals surface area (Å²) in [7, 11) is 1.71. The molecule has 0 aliphatic heterocycles. The Kier molecular flexibility index (Phi) is 3.93. The summed E-state index contributed by atoms with van der Waals surface area (Å²) in [5.74, 6) is -0.155. The summed E-state index contributed by atoms with van der Waals surface area (Å²) in [6.07, 6.45) is 4.05. The third kappa shape index (κ3) is 2.13. The van der Waals surface area contributed by atoms with Crippen LogP contribution in [0, 0.1) is 6.92 Å². The predicted octanol–water partition coefficient (Wildman–Crippen LogP) is 2.63. The molecule has 1 aromatic rings. The van der Waals surface area contributed by atoms with Crippen molar-refractivity contribution >= 4 is 17.4 Å². The number of phenols is 1. The van der Waals surface area contributed by atoms with E-state index in [1.165, 1.54) is 0 Å². The second-order valence-corrected chi connectivity index (χ2v) is 5.16. The van der Waals surface area contributed by atoms with Crippen LogP contribution in [0.15, 0.2) is 0 Å². The fourth-order valence-electron chi connectivity index (χ4n) is 2.73. The number of carbonyl (C=O) groups excluding carboxylic acids is 1. The third-order valence-corrected chi connectivity index (χ3v) is 4.03. The maximum atomic E-state index is 12.0. The van der Waals surface area contributed by atoms with Gasteiger partial charge in [0, 0.05) is 0 Å². The Balaban J connectivity index is 2.60. The van der Waals surface area contributed by atoms with Gasteiger partial charge in [0.15, 0.2) is 5.78 Å². The standard InChI is InChI=1S/C14H18ClNO2/c1-8-9-5-3-4-6-10(9)13(15)14(18)12(8)11(17)7-16-2/h16,18H,3-7H2,1-2H3. The van der Waals surface area contributed by atoms with Crippen LogP contribution >= 0.6 is 11.6 Å². The molecule has 0 fully saturated rings. The third-order valence-electron chi connectivity index (χ3n) is 3.62. The lowest BCUT2D eigenvalue weighted by molar-refractivity contribution is 0.0990. The molecule has 4 heteroatoms. The van der Waals surface area contributed by atoms with E-state index in [1.54, 1.807) is 7.05 Å². The number of hydrogen-bond donors (Lipinski definition) is 2. The molecule has 18 heavy (non-hydrogen) atoms. The molecule has 0 heterocycles. The highest BCUT2D eigenvalue weighted by molar-refractivity contribution is 6.33. The summed E-state index contributed by atoms with van der Waals surface area (Å²) in [6, 6.07) is 0. The number of Topliss-reactive ketones (excluding diaryl/α,β-unsaturated/α-hetero) is 1. The van der Waals surface area contributed by atoms with Gasteiger partial charge in [-0.05, 0) is 56.3 Å². The Bertz CT molecular complexity index is 497. The van der Waals surface area contributed by atoms with E-state index >= 15 is 0 Å². The van der Waals surface area contributed by atoms with E-state index in [9.17, 15) is 9.90 Å². The Morgan fingerprint density at radius 1 is 1.33 bits per heavy atom. The average molecular weight is 268 g/mol. The molecule has 1 aromatic carbocycles. The number of benzene rings is 1. The minimum absolute atomic E-state index is 0.0462. The molecule has 1 aliphatic carbocycles. The molecule has 3 nitrogen and oxygen atoms in total. The SMILES string of the molecule is CNCC(=O)c1c(C)c2c(c(Cl)c1O)CCCC2. The lowest BCUT2D eigenvalue weighted by atomic mass is 9.85. The van der Waals surface area contributed by atoms with Crippen molar-refractivity contribution in [2.45, 2.75) is 32.6 Å². The van der Waals surface area contributed by atoms with E-state index in [2.05, 4.69) is 5.32 Å². The van der Waals surface area contributed by atoms with Gasteiger partial charge in [0.2, 0.25) is 0 Å². The zero-order chi connectivity index (χ0) is 13.3. The second-order valence-electron chi connectivity index (χ2n) is 4.78. The zero-order valence-electron chi connectivity index (χ0n) is 10.8. The summed E-state index contributed by atoms with van der Waals surface area (Å²) >= 11 is 6.21. The van der Waals surface area contributed by atoms with Crippen LogP contribution in [0.1, 0.15) is 39.9 Å².